The molecule has 0 aliphatic carbocycles. The van der Waals surface area contributed by atoms with E-state index in [4.69, 9.17) is 4.42 Å². The Labute approximate surface area is 309 Å². The van der Waals surface area contributed by atoms with Gasteiger partial charge >= 0.3 is 0 Å². The second-order valence-corrected chi connectivity index (χ2v) is 7.71. The smallest absolute Gasteiger partial charge is 0.0308 e. The molecule has 0 N–H and O–H groups in total. The predicted molar refractivity (Wildman–Crippen MR) is 118 cm³/mol. The number of hydrogen-bond donors (Lipinski definition) is 0. The molecule has 34 heavy (non-hydrogen) atoms. The summed E-state index contributed by atoms with van der Waals surface area (Å²) in [6, 6.07) is 3.06. The van der Waals surface area contributed by atoms with Crippen LogP contribution in [-0.4, -0.2) is 29.5 Å². The van der Waals surface area contributed by atoms with E-state index in [2.05, 4.69) is 44.1 Å². The Balaban J connectivity index is -0.000000170. The first-order chi connectivity index (χ1) is 14.0. The van der Waals surface area contributed by atoms with Gasteiger partial charge in [0, 0.05) is 151 Å². The van der Waals surface area contributed by atoms with Crippen molar-refractivity contribution in [3.63, 3.8) is 0 Å². The first-order valence-electron chi connectivity index (χ1n) is 9.40. The van der Waals surface area contributed by atoms with E-state index < -0.39 is 0 Å². The van der Waals surface area contributed by atoms with Crippen molar-refractivity contribution in [1.29, 1.82) is 0 Å². The molecule has 0 fully saturated rings. The summed E-state index contributed by atoms with van der Waals surface area (Å²) in [6.07, 6.45) is 5.43. The van der Waals surface area contributed by atoms with Crippen molar-refractivity contribution in [3.8, 4) is 0 Å². The molecule has 12 heteroatoms. The molecule has 4 aromatic heterocycles. The molecule has 4 rings (SSSR count). The van der Waals surface area contributed by atoms with Crippen molar-refractivity contribution < 1.29 is 135 Å². The molecule has 0 aliphatic rings. The number of rotatable bonds is 0. The summed E-state index contributed by atoms with van der Waals surface area (Å²) in [4.78, 5) is 7.96. The molecule has 0 aliphatic heterocycles. The fraction of sp³-hybridized carbons (Fsp3) is 0.455. The molecule has 0 aromatic carbocycles. The van der Waals surface area contributed by atoms with Crippen LogP contribution in [0.25, 0.3) is 0 Å². The molecule has 4 aromatic rings. The van der Waals surface area contributed by atoms with Gasteiger partial charge in [-0.15, -0.1) is 23.3 Å². The summed E-state index contributed by atoms with van der Waals surface area (Å²) in [5.74, 6) is 0.678. The summed E-state index contributed by atoms with van der Waals surface area (Å²) >= 11 is 1.57. The van der Waals surface area contributed by atoms with Gasteiger partial charge in [0.1, 0.15) is 0 Å². The normalized spacial score (nSPS) is 8.53. The first kappa shape index (κ1) is 42.8. The van der Waals surface area contributed by atoms with E-state index >= 15 is 0 Å². The van der Waals surface area contributed by atoms with Crippen molar-refractivity contribution in [3.05, 3.63) is 68.8 Å². The number of aryl methyl sites for hydroxylation is 9. The predicted octanol–water partition coefficient (Wildman–Crippen LogP) is 4.32. The zero-order chi connectivity index (χ0) is 22.8. The van der Waals surface area contributed by atoms with E-state index in [1.54, 1.807) is 18.3 Å². The molecule has 0 bridgehead atoms. The molecule has 0 amide bonds. The molecule has 4 radical (unpaired) electrons. The Morgan fingerprint density at radius 3 is 1.47 bits per heavy atom. The van der Waals surface area contributed by atoms with Crippen LogP contribution in [0.4, 0.5) is 0 Å². The molecule has 0 spiro atoms. The van der Waals surface area contributed by atoms with Crippen molar-refractivity contribution in [2.75, 3.05) is 0 Å². The topological polar surface area (TPSA) is 74.6 Å². The SMILES string of the molecule is Cc1[c-]c(C)n(C)n1.Cc1[c-]nn(C)c1C.Cc1[c-]oc(C)n1.Cc1[c-]sc(C)n1.[Y].[Y].[Y].[Y]. The summed E-state index contributed by atoms with van der Waals surface area (Å²) in [7, 11) is 3.83. The van der Waals surface area contributed by atoms with Gasteiger partial charge in [0.15, 0.2) is 0 Å². The first-order valence-corrected chi connectivity index (χ1v) is 10.2. The largest absolute Gasteiger partial charge is 0.630 e. The van der Waals surface area contributed by atoms with Crippen LogP contribution in [0, 0.1) is 79.3 Å². The van der Waals surface area contributed by atoms with Crippen LogP contribution >= 0.6 is 11.3 Å². The van der Waals surface area contributed by atoms with E-state index in [1.165, 1.54) is 5.69 Å². The number of hydrogen-bond acceptors (Lipinski definition) is 6. The van der Waals surface area contributed by atoms with Crippen molar-refractivity contribution in [2.24, 2.45) is 14.1 Å². The third-order valence-corrected chi connectivity index (χ3v) is 4.67. The van der Waals surface area contributed by atoms with Gasteiger partial charge in [0.2, 0.25) is 0 Å². The number of oxazole rings is 1. The summed E-state index contributed by atoms with van der Waals surface area (Å²) < 4.78 is 8.36. The van der Waals surface area contributed by atoms with Gasteiger partial charge in [-0.1, -0.05) is 58.5 Å². The zero-order valence-corrected chi connectivity index (χ0v) is 34.0. The minimum atomic E-state index is 0. The zero-order valence-electron chi connectivity index (χ0n) is 21.8. The van der Waals surface area contributed by atoms with Gasteiger partial charge in [0.05, 0.1) is 0 Å². The van der Waals surface area contributed by atoms with Gasteiger partial charge in [0.25, 0.3) is 0 Å². The van der Waals surface area contributed by atoms with Crippen LogP contribution in [0.5, 0.6) is 0 Å². The summed E-state index contributed by atoms with van der Waals surface area (Å²) in [6.45, 7) is 15.5. The van der Waals surface area contributed by atoms with E-state index in [-0.39, 0.29) is 131 Å². The van der Waals surface area contributed by atoms with E-state index in [0.29, 0.717) is 5.89 Å². The average molecular weight is 782 g/mol. The quantitative estimate of drug-likeness (QED) is 0.249. The third-order valence-electron chi connectivity index (χ3n) is 3.89. The molecule has 176 valence electrons. The Bertz CT molecular complexity index is 932. The van der Waals surface area contributed by atoms with Gasteiger partial charge < -0.3 is 46.3 Å². The third kappa shape index (κ3) is 18.0. The molecule has 7 nitrogen and oxygen atoms in total. The van der Waals surface area contributed by atoms with Crippen LogP contribution in [0.15, 0.2) is 4.42 Å². The average Bonchev–Trinajstić information content (AvgIpc) is 3.39. The minimum Gasteiger partial charge on any atom is -0.630 e. The summed E-state index contributed by atoms with van der Waals surface area (Å²) in [5.41, 5.74) is 6.19. The molecule has 0 saturated carbocycles. The second kappa shape index (κ2) is 22.6. The van der Waals surface area contributed by atoms with Crippen LogP contribution < -0.4 is 0 Å². The van der Waals surface area contributed by atoms with Gasteiger partial charge in [-0.25, -0.2) is 5.10 Å². The Morgan fingerprint density at radius 1 is 0.765 bits per heavy atom. The maximum Gasteiger partial charge on any atom is 0.0308 e. The number of aromatic nitrogens is 6. The number of thiazole rings is 1. The Hall–Kier alpha value is 1.68. The van der Waals surface area contributed by atoms with E-state index in [9.17, 15) is 0 Å². The van der Waals surface area contributed by atoms with Gasteiger partial charge in [-0.05, 0) is 19.5 Å². The molecular weight excluding hydrogens is 752 g/mol. The van der Waals surface area contributed by atoms with Crippen molar-refractivity contribution in [1.82, 2.24) is 29.5 Å². The molecule has 0 atom stereocenters. The van der Waals surface area contributed by atoms with E-state index in [1.807, 2.05) is 71.9 Å². The van der Waals surface area contributed by atoms with Gasteiger partial charge in [-0.3, -0.25) is 0 Å². The Morgan fingerprint density at radius 2 is 1.35 bits per heavy atom. The van der Waals surface area contributed by atoms with Crippen LogP contribution in [-0.2, 0) is 145 Å². The van der Waals surface area contributed by atoms with Crippen LogP contribution in [0.3, 0.4) is 0 Å². The Kier molecular flexibility index (Phi) is 28.5. The van der Waals surface area contributed by atoms with Crippen LogP contribution in [0.2, 0.25) is 0 Å². The van der Waals surface area contributed by atoms with Crippen LogP contribution in [0.1, 0.15) is 44.9 Å². The molecule has 0 unspecified atom stereocenters. The van der Waals surface area contributed by atoms with Crippen molar-refractivity contribution >= 4 is 11.3 Å². The molecule has 0 saturated heterocycles. The van der Waals surface area contributed by atoms with Crippen molar-refractivity contribution in [2.45, 2.75) is 55.4 Å². The van der Waals surface area contributed by atoms with E-state index in [0.717, 1.165) is 33.3 Å². The fourth-order valence-electron chi connectivity index (χ4n) is 2.08. The molecular formula is C22H30N6OSY4-4. The fourth-order valence-corrected chi connectivity index (χ4v) is 2.60. The maximum absolute atomic E-state index is 4.73. The monoisotopic (exact) mass is 782 g/mol. The minimum absolute atomic E-state index is 0. The van der Waals surface area contributed by atoms with Gasteiger partial charge in [-0.2, -0.15) is 10.9 Å². The standard InChI is InChI=1S/2C6H9N2.C5H6NO.C5H6NS.4Y/c1-5-4-7-8(3)6(5)2;1-5-4-6(2)8(3)7-5;2*1-4-3-7-5(2)6-4;;;;/h2*1-3H3;2*1-2H3;;;;/q4*-1;;;;. The molecule has 4 heterocycles. The number of nitrogens with zero attached hydrogens (tertiary/aromatic N) is 6. The second-order valence-electron chi connectivity index (χ2n) is 6.71. The maximum atomic E-state index is 4.73. The summed E-state index contributed by atoms with van der Waals surface area (Å²) in [5, 5.41) is 12.1.